The van der Waals surface area contributed by atoms with Gasteiger partial charge in [0.25, 0.3) is 0 Å². The van der Waals surface area contributed by atoms with Crippen LogP contribution in [-0.2, 0) is 6.54 Å². The van der Waals surface area contributed by atoms with Crippen molar-refractivity contribution in [1.82, 2.24) is 20.2 Å². The molecule has 1 aromatic heterocycles. The fourth-order valence-electron chi connectivity index (χ4n) is 2.25. The molecular formula is C11H20N4. The summed E-state index contributed by atoms with van der Waals surface area (Å²) >= 11 is 0. The van der Waals surface area contributed by atoms with Crippen LogP contribution in [0.1, 0.15) is 25.1 Å². The summed E-state index contributed by atoms with van der Waals surface area (Å²) in [5, 5.41) is 3.55. The number of imidazole rings is 1. The third-order valence-electron chi connectivity index (χ3n) is 3.25. The highest BCUT2D eigenvalue weighted by molar-refractivity contribution is 4.90. The van der Waals surface area contributed by atoms with Crippen molar-refractivity contribution in [3.63, 3.8) is 0 Å². The fourth-order valence-corrected chi connectivity index (χ4v) is 2.25. The molecule has 1 aliphatic rings. The molecule has 15 heavy (non-hydrogen) atoms. The molecule has 1 aromatic rings. The van der Waals surface area contributed by atoms with Crippen LogP contribution < -0.4 is 5.32 Å². The van der Waals surface area contributed by atoms with Crippen LogP contribution in [0.2, 0.25) is 0 Å². The Morgan fingerprint density at radius 2 is 2.40 bits per heavy atom. The Morgan fingerprint density at radius 1 is 1.53 bits per heavy atom. The van der Waals surface area contributed by atoms with E-state index in [1.807, 2.05) is 6.20 Å². The Hall–Kier alpha value is -0.870. The average Bonchev–Trinajstić information content (AvgIpc) is 2.86. The quantitative estimate of drug-likeness (QED) is 0.775. The lowest BCUT2D eigenvalue weighted by atomic mass is 10.2. The highest BCUT2D eigenvalue weighted by Gasteiger charge is 2.25. The molecule has 2 atom stereocenters. The summed E-state index contributed by atoms with van der Waals surface area (Å²) in [5.41, 5.74) is 0. The number of H-pyrrole nitrogens is 1. The van der Waals surface area contributed by atoms with Crippen molar-refractivity contribution in [2.45, 2.75) is 37.9 Å². The minimum Gasteiger partial charge on any atom is -0.348 e. The number of aromatic nitrogens is 2. The molecule has 2 unspecified atom stereocenters. The number of nitrogens with one attached hydrogen (secondary N) is 2. The molecule has 0 aliphatic heterocycles. The molecule has 1 fully saturated rings. The van der Waals surface area contributed by atoms with E-state index in [-0.39, 0.29) is 0 Å². The summed E-state index contributed by atoms with van der Waals surface area (Å²) in [6.07, 6.45) is 7.52. The second kappa shape index (κ2) is 4.77. The molecule has 0 saturated heterocycles. The Bertz CT molecular complexity index is 281. The summed E-state index contributed by atoms with van der Waals surface area (Å²) in [5.74, 6) is 1.03. The topological polar surface area (TPSA) is 44.0 Å². The molecule has 0 aromatic carbocycles. The van der Waals surface area contributed by atoms with Gasteiger partial charge in [0.05, 0.1) is 6.54 Å². The summed E-state index contributed by atoms with van der Waals surface area (Å²) in [4.78, 5) is 9.64. The zero-order valence-corrected chi connectivity index (χ0v) is 9.53. The summed E-state index contributed by atoms with van der Waals surface area (Å²) in [7, 11) is 4.33. The molecule has 84 valence electrons. The number of hydrogen-bond donors (Lipinski definition) is 2. The molecule has 2 N–H and O–H groups in total. The number of aromatic amines is 1. The molecule has 1 aliphatic carbocycles. The van der Waals surface area contributed by atoms with Gasteiger partial charge in [-0.1, -0.05) is 0 Å². The van der Waals surface area contributed by atoms with Gasteiger partial charge < -0.3 is 15.2 Å². The second-order valence-electron chi connectivity index (χ2n) is 4.54. The first-order chi connectivity index (χ1) is 7.25. The zero-order valence-electron chi connectivity index (χ0n) is 9.53. The maximum Gasteiger partial charge on any atom is 0.120 e. The Morgan fingerprint density at radius 3 is 3.00 bits per heavy atom. The first kappa shape index (κ1) is 10.6. The lowest BCUT2D eigenvalue weighted by Crippen LogP contribution is -2.30. The molecule has 1 heterocycles. The third kappa shape index (κ3) is 2.79. The van der Waals surface area contributed by atoms with Crippen molar-refractivity contribution in [3.05, 3.63) is 18.2 Å². The van der Waals surface area contributed by atoms with Gasteiger partial charge in [0.2, 0.25) is 0 Å². The van der Waals surface area contributed by atoms with Crippen molar-refractivity contribution in [3.8, 4) is 0 Å². The Labute approximate surface area is 91.1 Å². The summed E-state index contributed by atoms with van der Waals surface area (Å²) < 4.78 is 0. The van der Waals surface area contributed by atoms with Gasteiger partial charge in [-0.25, -0.2) is 4.98 Å². The standard InChI is InChI=1S/C11H20N4/c1-15(2)10-4-3-9(7-10)14-8-11-12-5-6-13-11/h5-6,9-10,14H,3-4,7-8H2,1-2H3,(H,12,13). The highest BCUT2D eigenvalue weighted by atomic mass is 15.1. The van der Waals surface area contributed by atoms with Gasteiger partial charge in [-0.3, -0.25) is 0 Å². The van der Waals surface area contributed by atoms with Crippen molar-refractivity contribution in [2.24, 2.45) is 0 Å². The largest absolute Gasteiger partial charge is 0.348 e. The minimum atomic E-state index is 0.655. The van der Waals surface area contributed by atoms with Crippen LogP contribution in [0.3, 0.4) is 0 Å². The molecule has 0 amide bonds. The van der Waals surface area contributed by atoms with Gasteiger partial charge >= 0.3 is 0 Å². The van der Waals surface area contributed by atoms with Crippen molar-refractivity contribution in [2.75, 3.05) is 14.1 Å². The van der Waals surface area contributed by atoms with E-state index in [9.17, 15) is 0 Å². The van der Waals surface area contributed by atoms with Gasteiger partial charge in [-0.2, -0.15) is 0 Å². The first-order valence-electron chi connectivity index (χ1n) is 5.64. The molecule has 1 saturated carbocycles. The molecule has 0 bridgehead atoms. The lowest BCUT2D eigenvalue weighted by Gasteiger charge is -2.19. The van der Waals surface area contributed by atoms with Gasteiger partial charge in [-0.15, -0.1) is 0 Å². The fraction of sp³-hybridized carbons (Fsp3) is 0.727. The van der Waals surface area contributed by atoms with Gasteiger partial charge in [0.15, 0.2) is 0 Å². The maximum absolute atomic E-state index is 4.20. The van der Waals surface area contributed by atoms with Crippen LogP contribution >= 0.6 is 0 Å². The number of rotatable bonds is 4. The van der Waals surface area contributed by atoms with Crippen LogP contribution in [0.4, 0.5) is 0 Å². The molecular weight excluding hydrogens is 188 g/mol. The van der Waals surface area contributed by atoms with Crippen molar-refractivity contribution >= 4 is 0 Å². The monoisotopic (exact) mass is 208 g/mol. The van der Waals surface area contributed by atoms with E-state index in [4.69, 9.17) is 0 Å². The SMILES string of the molecule is CN(C)C1CCC(NCc2ncc[nH]2)C1. The smallest absolute Gasteiger partial charge is 0.120 e. The van der Waals surface area contributed by atoms with Crippen molar-refractivity contribution in [1.29, 1.82) is 0 Å². The van der Waals surface area contributed by atoms with Crippen LogP contribution in [0.25, 0.3) is 0 Å². The van der Waals surface area contributed by atoms with E-state index in [1.54, 1.807) is 6.20 Å². The van der Waals surface area contributed by atoms with Crippen molar-refractivity contribution < 1.29 is 0 Å². The predicted molar refractivity (Wildman–Crippen MR) is 60.5 cm³/mol. The highest BCUT2D eigenvalue weighted by Crippen LogP contribution is 2.22. The third-order valence-corrected chi connectivity index (χ3v) is 3.25. The Balaban J connectivity index is 1.73. The molecule has 0 radical (unpaired) electrons. The summed E-state index contributed by atoms with van der Waals surface area (Å²) in [6.45, 7) is 0.859. The maximum atomic E-state index is 4.20. The normalized spacial score (nSPS) is 26.3. The number of hydrogen-bond acceptors (Lipinski definition) is 3. The van der Waals surface area contributed by atoms with E-state index in [0.29, 0.717) is 6.04 Å². The summed E-state index contributed by atoms with van der Waals surface area (Å²) in [6, 6.07) is 1.40. The van der Waals surface area contributed by atoms with Gasteiger partial charge in [0.1, 0.15) is 5.82 Å². The van der Waals surface area contributed by atoms with E-state index < -0.39 is 0 Å². The molecule has 0 spiro atoms. The van der Waals surface area contributed by atoms with Crippen LogP contribution in [-0.4, -0.2) is 41.0 Å². The van der Waals surface area contributed by atoms with E-state index >= 15 is 0 Å². The van der Waals surface area contributed by atoms with Crippen LogP contribution in [0.15, 0.2) is 12.4 Å². The molecule has 4 nitrogen and oxygen atoms in total. The minimum absolute atomic E-state index is 0.655. The second-order valence-corrected chi connectivity index (χ2v) is 4.54. The van der Waals surface area contributed by atoms with Gasteiger partial charge in [0, 0.05) is 24.5 Å². The van der Waals surface area contributed by atoms with Crippen LogP contribution in [0, 0.1) is 0 Å². The predicted octanol–water partition coefficient (Wildman–Crippen LogP) is 0.982. The average molecular weight is 208 g/mol. The van der Waals surface area contributed by atoms with Gasteiger partial charge in [-0.05, 0) is 33.4 Å². The van der Waals surface area contributed by atoms with E-state index in [0.717, 1.165) is 18.4 Å². The Kier molecular flexibility index (Phi) is 3.38. The zero-order chi connectivity index (χ0) is 10.7. The van der Waals surface area contributed by atoms with E-state index in [1.165, 1.54) is 19.3 Å². The molecule has 2 rings (SSSR count). The number of nitrogens with zero attached hydrogens (tertiary/aromatic N) is 2. The van der Waals surface area contributed by atoms with E-state index in [2.05, 4.69) is 34.3 Å². The first-order valence-corrected chi connectivity index (χ1v) is 5.64. The van der Waals surface area contributed by atoms with Crippen LogP contribution in [0.5, 0.6) is 0 Å². The molecule has 4 heteroatoms. The lowest BCUT2D eigenvalue weighted by molar-refractivity contribution is 0.293.